The monoisotopic (exact) mass is 359 g/mol. The summed E-state index contributed by atoms with van der Waals surface area (Å²) in [6.45, 7) is 11.4. The number of esters is 1. The van der Waals surface area contributed by atoms with Crippen LogP contribution in [0.2, 0.25) is 0 Å². The summed E-state index contributed by atoms with van der Waals surface area (Å²) in [6.07, 6.45) is 1.64. The van der Waals surface area contributed by atoms with Gasteiger partial charge in [0.15, 0.2) is 5.96 Å². The number of carbonyl (C=O) groups excluding carboxylic acids is 1. The number of benzene rings is 1. The van der Waals surface area contributed by atoms with E-state index in [9.17, 15) is 4.79 Å². The van der Waals surface area contributed by atoms with Gasteiger partial charge in [0.2, 0.25) is 0 Å². The molecule has 1 heterocycles. The Bertz CT molecular complexity index is 632. The van der Waals surface area contributed by atoms with E-state index in [0.717, 1.165) is 38.4 Å². The van der Waals surface area contributed by atoms with Gasteiger partial charge in [0.1, 0.15) is 0 Å². The zero-order valence-electron chi connectivity index (χ0n) is 16.8. The summed E-state index contributed by atoms with van der Waals surface area (Å²) in [7, 11) is 1.82. The second-order valence-electron chi connectivity index (χ2n) is 7.61. The molecule has 1 aromatic rings. The van der Waals surface area contributed by atoms with Gasteiger partial charge in [-0.15, -0.1) is 0 Å². The molecule has 5 heteroatoms. The standard InChI is InChI=1S/C21H33N3O2/c1-6-26-19(25)17-11-13-24(14-12-17)20(22-5)23-15-21(3,4)18-10-8-7-9-16(18)2/h7-10,17H,6,11-15H2,1-5H3,(H,22,23). The highest BCUT2D eigenvalue weighted by Gasteiger charge is 2.28. The van der Waals surface area contributed by atoms with Gasteiger partial charge in [0.05, 0.1) is 12.5 Å². The number of carbonyl (C=O) groups is 1. The van der Waals surface area contributed by atoms with Crippen molar-refractivity contribution in [1.29, 1.82) is 0 Å². The Kier molecular flexibility index (Phi) is 7.06. The fourth-order valence-electron chi connectivity index (χ4n) is 3.65. The van der Waals surface area contributed by atoms with E-state index < -0.39 is 0 Å². The summed E-state index contributed by atoms with van der Waals surface area (Å²) < 4.78 is 5.15. The number of aryl methyl sites for hydroxylation is 1. The maximum Gasteiger partial charge on any atom is 0.309 e. The molecular formula is C21H33N3O2. The highest BCUT2D eigenvalue weighted by Crippen LogP contribution is 2.25. The van der Waals surface area contributed by atoms with Crippen molar-refractivity contribution in [1.82, 2.24) is 10.2 Å². The van der Waals surface area contributed by atoms with E-state index in [1.54, 1.807) is 0 Å². The highest BCUT2D eigenvalue weighted by atomic mass is 16.5. The van der Waals surface area contributed by atoms with Crippen LogP contribution in [0.3, 0.4) is 0 Å². The van der Waals surface area contributed by atoms with E-state index in [1.807, 2.05) is 14.0 Å². The fraction of sp³-hybridized carbons (Fsp3) is 0.619. The molecular weight excluding hydrogens is 326 g/mol. The molecule has 0 spiro atoms. The Hall–Kier alpha value is -2.04. The van der Waals surface area contributed by atoms with Crippen molar-refractivity contribution in [2.75, 3.05) is 33.3 Å². The second kappa shape index (κ2) is 9.06. The maximum atomic E-state index is 11.9. The SMILES string of the molecule is CCOC(=O)C1CCN(C(=NC)NCC(C)(C)c2ccccc2C)CC1. The Morgan fingerprint density at radius 2 is 1.96 bits per heavy atom. The minimum absolute atomic E-state index is 0.00450. The number of likely N-dealkylation sites (tertiary alicyclic amines) is 1. The number of guanidine groups is 1. The molecule has 1 fully saturated rings. The molecule has 26 heavy (non-hydrogen) atoms. The van der Waals surface area contributed by atoms with Crippen LogP contribution in [0.25, 0.3) is 0 Å². The summed E-state index contributed by atoms with van der Waals surface area (Å²) in [5.41, 5.74) is 2.67. The average Bonchev–Trinajstić information content (AvgIpc) is 2.63. The molecule has 0 aliphatic carbocycles. The lowest BCUT2D eigenvalue weighted by Gasteiger charge is -2.35. The lowest BCUT2D eigenvalue weighted by atomic mass is 9.82. The quantitative estimate of drug-likeness (QED) is 0.499. The lowest BCUT2D eigenvalue weighted by Crippen LogP contribution is -2.49. The predicted octanol–water partition coefficient (Wildman–Crippen LogP) is 3.12. The molecule has 0 radical (unpaired) electrons. The number of piperidine rings is 1. The van der Waals surface area contributed by atoms with Gasteiger partial charge in [-0.25, -0.2) is 0 Å². The van der Waals surface area contributed by atoms with Crippen LogP contribution in [0.1, 0.15) is 44.7 Å². The Morgan fingerprint density at radius 3 is 2.54 bits per heavy atom. The number of nitrogens with one attached hydrogen (secondary N) is 1. The summed E-state index contributed by atoms with van der Waals surface area (Å²) in [5, 5.41) is 3.53. The third-order valence-electron chi connectivity index (χ3n) is 5.19. The second-order valence-corrected chi connectivity index (χ2v) is 7.61. The van der Waals surface area contributed by atoms with Crippen molar-refractivity contribution in [2.24, 2.45) is 10.9 Å². The van der Waals surface area contributed by atoms with Gasteiger partial charge >= 0.3 is 5.97 Å². The van der Waals surface area contributed by atoms with E-state index in [4.69, 9.17) is 4.74 Å². The van der Waals surface area contributed by atoms with E-state index in [1.165, 1.54) is 11.1 Å². The van der Waals surface area contributed by atoms with Gasteiger partial charge in [0.25, 0.3) is 0 Å². The van der Waals surface area contributed by atoms with Crippen LogP contribution in [0.4, 0.5) is 0 Å². The largest absolute Gasteiger partial charge is 0.466 e. The zero-order chi connectivity index (χ0) is 19.2. The fourth-order valence-corrected chi connectivity index (χ4v) is 3.65. The van der Waals surface area contributed by atoms with Crippen LogP contribution in [-0.2, 0) is 14.9 Å². The summed E-state index contributed by atoms with van der Waals surface area (Å²) >= 11 is 0. The molecule has 0 amide bonds. The molecule has 1 aliphatic rings. The number of hydrogen-bond acceptors (Lipinski definition) is 3. The van der Waals surface area contributed by atoms with E-state index in [-0.39, 0.29) is 17.3 Å². The van der Waals surface area contributed by atoms with Gasteiger partial charge < -0.3 is 15.0 Å². The van der Waals surface area contributed by atoms with Crippen molar-refractivity contribution in [3.63, 3.8) is 0 Å². The van der Waals surface area contributed by atoms with Gasteiger partial charge in [0, 0.05) is 32.1 Å². The molecule has 144 valence electrons. The van der Waals surface area contributed by atoms with Crippen molar-refractivity contribution < 1.29 is 9.53 Å². The molecule has 0 unspecified atom stereocenters. The number of ether oxygens (including phenoxy) is 1. The first-order valence-corrected chi connectivity index (χ1v) is 9.57. The van der Waals surface area contributed by atoms with Gasteiger partial charge in [-0.1, -0.05) is 38.1 Å². The van der Waals surface area contributed by atoms with Crippen LogP contribution in [0.15, 0.2) is 29.3 Å². The van der Waals surface area contributed by atoms with Crippen LogP contribution >= 0.6 is 0 Å². The smallest absolute Gasteiger partial charge is 0.309 e. The lowest BCUT2D eigenvalue weighted by molar-refractivity contribution is -0.149. The van der Waals surface area contributed by atoms with Gasteiger partial charge in [-0.3, -0.25) is 9.79 Å². The number of nitrogens with zero attached hydrogens (tertiary/aromatic N) is 2. The number of hydrogen-bond donors (Lipinski definition) is 1. The Balaban J connectivity index is 1.92. The van der Waals surface area contributed by atoms with Gasteiger partial charge in [-0.2, -0.15) is 0 Å². The minimum atomic E-state index is -0.0595. The predicted molar refractivity (Wildman–Crippen MR) is 106 cm³/mol. The first kappa shape index (κ1) is 20.3. The molecule has 0 aromatic heterocycles. The molecule has 5 nitrogen and oxygen atoms in total. The van der Waals surface area contributed by atoms with Crippen LogP contribution in [0.5, 0.6) is 0 Å². The zero-order valence-corrected chi connectivity index (χ0v) is 16.8. The molecule has 1 aliphatic heterocycles. The molecule has 2 rings (SSSR count). The molecule has 1 saturated heterocycles. The average molecular weight is 360 g/mol. The molecule has 0 bridgehead atoms. The van der Waals surface area contributed by atoms with Crippen molar-refractivity contribution in [3.8, 4) is 0 Å². The summed E-state index contributed by atoms with van der Waals surface area (Å²) in [6, 6.07) is 8.53. The highest BCUT2D eigenvalue weighted by molar-refractivity contribution is 5.80. The third kappa shape index (κ3) is 4.99. The first-order chi connectivity index (χ1) is 12.4. The molecule has 1 N–H and O–H groups in total. The van der Waals surface area contributed by atoms with E-state index >= 15 is 0 Å². The topological polar surface area (TPSA) is 53.9 Å². The van der Waals surface area contributed by atoms with Gasteiger partial charge in [-0.05, 0) is 37.8 Å². The molecule has 1 aromatic carbocycles. The normalized spacial score (nSPS) is 16.5. The van der Waals surface area contributed by atoms with Crippen molar-refractivity contribution in [3.05, 3.63) is 35.4 Å². The van der Waals surface area contributed by atoms with Crippen LogP contribution in [-0.4, -0.2) is 50.1 Å². The van der Waals surface area contributed by atoms with Crippen molar-refractivity contribution in [2.45, 2.75) is 46.0 Å². The summed E-state index contributed by atoms with van der Waals surface area (Å²) in [5.74, 6) is 0.873. The summed E-state index contributed by atoms with van der Waals surface area (Å²) in [4.78, 5) is 18.6. The van der Waals surface area contributed by atoms with E-state index in [0.29, 0.717) is 6.61 Å². The first-order valence-electron chi connectivity index (χ1n) is 9.57. The van der Waals surface area contributed by atoms with Crippen LogP contribution < -0.4 is 5.32 Å². The Labute approximate surface area is 157 Å². The molecule has 0 atom stereocenters. The molecule has 0 saturated carbocycles. The van der Waals surface area contributed by atoms with E-state index in [2.05, 4.69) is 60.2 Å². The third-order valence-corrected chi connectivity index (χ3v) is 5.19. The van der Waals surface area contributed by atoms with Crippen molar-refractivity contribution >= 4 is 11.9 Å². The maximum absolute atomic E-state index is 11.9. The number of aliphatic imine (C=N–C) groups is 1. The minimum Gasteiger partial charge on any atom is -0.466 e. The Morgan fingerprint density at radius 1 is 1.31 bits per heavy atom. The van der Waals surface area contributed by atoms with Crippen LogP contribution in [0, 0.1) is 12.8 Å². The number of rotatable bonds is 5.